The number of aromatic nitrogens is 2. The fraction of sp³-hybridized carbons (Fsp3) is 0.571. The highest BCUT2D eigenvalue weighted by Gasteiger charge is 2.31. The summed E-state index contributed by atoms with van der Waals surface area (Å²) in [4.78, 5) is 25.8. The maximum Gasteiger partial charge on any atom is 0.251 e. The summed E-state index contributed by atoms with van der Waals surface area (Å²) in [5.74, 6) is 2.00. The fourth-order valence-corrected chi connectivity index (χ4v) is 4.11. The van der Waals surface area contributed by atoms with Crippen molar-refractivity contribution in [3.63, 3.8) is 0 Å². The number of benzene rings is 1. The highest BCUT2D eigenvalue weighted by atomic mass is 16.5. The minimum atomic E-state index is -0.263. The van der Waals surface area contributed by atoms with Gasteiger partial charge in [0.15, 0.2) is 0 Å². The van der Waals surface area contributed by atoms with E-state index in [1.165, 1.54) is 0 Å². The molecule has 0 spiro atoms. The molecule has 29 heavy (non-hydrogen) atoms. The molecule has 2 saturated heterocycles. The largest absolute Gasteiger partial charge is 0.496 e. The average molecular weight is 399 g/mol. The van der Waals surface area contributed by atoms with Gasteiger partial charge in [0.05, 0.1) is 12.6 Å². The number of nitrogens with two attached hydrogens (primary N) is 1. The van der Waals surface area contributed by atoms with Crippen molar-refractivity contribution in [1.29, 1.82) is 0 Å². The van der Waals surface area contributed by atoms with Crippen LogP contribution in [0.5, 0.6) is 5.75 Å². The lowest BCUT2D eigenvalue weighted by Crippen LogP contribution is -2.51. The van der Waals surface area contributed by atoms with Gasteiger partial charge in [-0.2, -0.15) is 4.98 Å². The highest BCUT2D eigenvalue weighted by Crippen LogP contribution is 2.30. The van der Waals surface area contributed by atoms with Gasteiger partial charge in [-0.05, 0) is 37.0 Å². The second kappa shape index (κ2) is 8.41. The van der Waals surface area contributed by atoms with Crippen LogP contribution < -0.4 is 15.4 Å². The van der Waals surface area contributed by atoms with Gasteiger partial charge < -0.3 is 25.0 Å². The van der Waals surface area contributed by atoms with E-state index in [1.807, 2.05) is 11.0 Å². The van der Waals surface area contributed by atoms with Gasteiger partial charge in [0.2, 0.25) is 5.95 Å². The van der Waals surface area contributed by atoms with Crippen LogP contribution in [-0.2, 0) is 16.0 Å². The average Bonchev–Trinajstić information content (AvgIpc) is 3.28. The summed E-state index contributed by atoms with van der Waals surface area (Å²) in [6.07, 6.45) is 3.47. The van der Waals surface area contributed by atoms with Crippen molar-refractivity contribution in [2.45, 2.75) is 38.7 Å². The van der Waals surface area contributed by atoms with Crippen LogP contribution in [0.3, 0.4) is 0 Å². The summed E-state index contributed by atoms with van der Waals surface area (Å²) >= 11 is 0. The van der Waals surface area contributed by atoms with Crippen molar-refractivity contribution in [2.75, 3.05) is 50.5 Å². The standard InChI is InChI=1S/C21H29N5O3/c1-3-5-14-12-16-15(13-18(14)28-2)19(22)24-21(23-16)26-9-7-25(8-10-26)20(27)17-6-4-11-29-17/h12-13,17H,3-11H2,1-2H3,(H2,22,23,24). The van der Waals surface area contributed by atoms with Crippen molar-refractivity contribution in [1.82, 2.24) is 14.9 Å². The molecule has 2 fully saturated rings. The zero-order chi connectivity index (χ0) is 20.4. The molecule has 8 heteroatoms. The van der Waals surface area contributed by atoms with Crippen LogP contribution in [0.1, 0.15) is 31.7 Å². The lowest BCUT2D eigenvalue weighted by atomic mass is 10.1. The van der Waals surface area contributed by atoms with Crippen molar-refractivity contribution in [3.8, 4) is 5.75 Å². The summed E-state index contributed by atoms with van der Waals surface area (Å²) in [5, 5.41) is 0.803. The molecule has 3 heterocycles. The fourth-order valence-electron chi connectivity index (χ4n) is 4.11. The van der Waals surface area contributed by atoms with Crippen molar-refractivity contribution in [2.24, 2.45) is 0 Å². The zero-order valence-electron chi connectivity index (χ0n) is 17.2. The van der Waals surface area contributed by atoms with Gasteiger partial charge in [-0.15, -0.1) is 0 Å². The van der Waals surface area contributed by atoms with E-state index in [2.05, 4.69) is 22.9 Å². The normalized spacial score (nSPS) is 19.7. The van der Waals surface area contributed by atoms with Crippen LogP contribution in [0.15, 0.2) is 12.1 Å². The van der Waals surface area contributed by atoms with Crippen molar-refractivity contribution < 1.29 is 14.3 Å². The minimum absolute atomic E-state index is 0.109. The van der Waals surface area contributed by atoms with Gasteiger partial charge in [-0.1, -0.05) is 13.3 Å². The van der Waals surface area contributed by atoms with E-state index >= 15 is 0 Å². The number of methoxy groups -OCH3 is 1. The molecule has 4 rings (SSSR count). The molecule has 2 N–H and O–H groups in total. The molecular weight excluding hydrogens is 370 g/mol. The Bertz CT molecular complexity index is 890. The Kier molecular flexibility index (Phi) is 5.71. The minimum Gasteiger partial charge on any atom is -0.496 e. The van der Waals surface area contributed by atoms with E-state index < -0.39 is 0 Å². The second-order valence-corrected chi connectivity index (χ2v) is 7.65. The molecule has 2 aromatic rings. The third kappa shape index (κ3) is 3.94. The third-order valence-electron chi connectivity index (χ3n) is 5.71. The molecule has 1 atom stereocenters. The molecule has 8 nitrogen and oxygen atoms in total. The van der Waals surface area contributed by atoms with Gasteiger partial charge in [-0.25, -0.2) is 4.98 Å². The summed E-state index contributed by atoms with van der Waals surface area (Å²) in [6.45, 7) is 5.47. The molecule has 1 aromatic heterocycles. The van der Waals surface area contributed by atoms with E-state index in [9.17, 15) is 4.79 Å². The number of nitrogen functional groups attached to an aromatic ring is 1. The molecule has 1 aromatic carbocycles. The first-order chi connectivity index (χ1) is 14.1. The molecule has 0 aliphatic carbocycles. The Hall–Kier alpha value is -2.61. The number of aryl methyl sites for hydroxylation is 1. The first kappa shape index (κ1) is 19.7. The smallest absolute Gasteiger partial charge is 0.251 e. The van der Waals surface area contributed by atoms with Crippen LogP contribution in [0.25, 0.3) is 10.9 Å². The number of ether oxygens (including phenoxy) is 2. The van der Waals surface area contributed by atoms with E-state index in [4.69, 9.17) is 20.2 Å². The second-order valence-electron chi connectivity index (χ2n) is 7.65. The number of piperazine rings is 1. The first-order valence-electron chi connectivity index (χ1n) is 10.4. The summed E-state index contributed by atoms with van der Waals surface area (Å²) in [6, 6.07) is 3.98. The topological polar surface area (TPSA) is 93.8 Å². The number of fused-ring (bicyclic) bond motifs is 1. The third-order valence-corrected chi connectivity index (χ3v) is 5.71. The van der Waals surface area contributed by atoms with E-state index in [-0.39, 0.29) is 12.0 Å². The first-order valence-corrected chi connectivity index (χ1v) is 10.4. The van der Waals surface area contributed by atoms with Gasteiger partial charge >= 0.3 is 0 Å². The Morgan fingerprint density at radius 2 is 2.07 bits per heavy atom. The zero-order valence-corrected chi connectivity index (χ0v) is 17.2. The lowest BCUT2D eigenvalue weighted by molar-refractivity contribution is -0.141. The predicted octanol–water partition coefficient (Wildman–Crippen LogP) is 2.00. The van der Waals surface area contributed by atoms with Crippen LogP contribution >= 0.6 is 0 Å². The van der Waals surface area contributed by atoms with Crippen molar-refractivity contribution in [3.05, 3.63) is 17.7 Å². The molecule has 0 radical (unpaired) electrons. The maximum atomic E-state index is 12.6. The Balaban J connectivity index is 1.53. The Morgan fingerprint density at radius 3 is 2.72 bits per heavy atom. The van der Waals surface area contributed by atoms with Gasteiger partial charge in [-0.3, -0.25) is 4.79 Å². The summed E-state index contributed by atoms with van der Waals surface area (Å²) in [5.41, 5.74) is 8.21. The Labute approximate surface area is 171 Å². The molecule has 0 saturated carbocycles. The number of nitrogens with zero attached hydrogens (tertiary/aromatic N) is 4. The van der Waals surface area contributed by atoms with Gasteiger partial charge in [0.25, 0.3) is 5.91 Å². The lowest BCUT2D eigenvalue weighted by Gasteiger charge is -2.35. The van der Waals surface area contributed by atoms with Crippen molar-refractivity contribution >= 4 is 28.6 Å². The molecule has 1 amide bonds. The quantitative estimate of drug-likeness (QED) is 0.822. The number of carbonyl (C=O) groups excluding carboxylic acids is 1. The SMILES string of the molecule is CCCc1cc2nc(N3CCN(C(=O)C4CCCO4)CC3)nc(N)c2cc1OC. The molecular formula is C21H29N5O3. The molecule has 1 unspecified atom stereocenters. The highest BCUT2D eigenvalue weighted by molar-refractivity contribution is 5.91. The number of hydrogen-bond acceptors (Lipinski definition) is 7. The number of carbonyl (C=O) groups is 1. The summed E-state index contributed by atoms with van der Waals surface area (Å²) in [7, 11) is 1.67. The van der Waals surface area contributed by atoms with Crippen LogP contribution in [0.2, 0.25) is 0 Å². The maximum absolute atomic E-state index is 12.6. The van der Waals surface area contributed by atoms with E-state index in [0.717, 1.165) is 47.9 Å². The van der Waals surface area contributed by atoms with Gasteiger partial charge in [0.1, 0.15) is 17.7 Å². The number of rotatable bonds is 5. The molecule has 156 valence electrons. The Morgan fingerprint density at radius 1 is 1.28 bits per heavy atom. The number of hydrogen-bond donors (Lipinski definition) is 1. The molecule has 0 bridgehead atoms. The molecule has 2 aliphatic rings. The van der Waals surface area contributed by atoms with E-state index in [0.29, 0.717) is 44.6 Å². The number of anilines is 2. The number of amides is 1. The van der Waals surface area contributed by atoms with Crippen LogP contribution in [-0.4, -0.2) is 66.8 Å². The van der Waals surface area contributed by atoms with Crippen LogP contribution in [0.4, 0.5) is 11.8 Å². The summed E-state index contributed by atoms with van der Waals surface area (Å²) < 4.78 is 11.1. The van der Waals surface area contributed by atoms with E-state index in [1.54, 1.807) is 7.11 Å². The molecule has 2 aliphatic heterocycles. The predicted molar refractivity (Wildman–Crippen MR) is 112 cm³/mol. The van der Waals surface area contributed by atoms with Crippen LogP contribution in [0, 0.1) is 0 Å². The monoisotopic (exact) mass is 399 g/mol. The van der Waals surface area contributed by atoms with Gasteiger partial charge in [0, 0.05) is 38.2 Å².